The van der Waals surface area contributed by atoms with Crippen LogP contribution >= 0.6 is 33.2 Å². The highest BCUT2D eigenvalue weighted by Gasteiger charge is 2.42. The Kier molecular flexibility index (Phi) is 16.8. The van der Waals surface area contributed by atoms with Crippen molar-refractivity contribution in [1.82, 2.24) is 0 Å². The minimum atomic E-state index is -3.07. The van der Waals surface area contributed by atoms with Gasteiger partial charge in [0.1, 0.15) is 0 Å². The normalized spacial score (nSPS) is 13.9. The van der Waals surface area contributed by atoms with Crippen LogP contribution in [0.25, 0.3) is 0 Å². The third-order valence-electron chi connectivity index (χ3n) is 3.86. The Morgan fingerprint density at radius 1 is 0.885 bits per heavy atom. The molecule has 0 N–H and O–H groups in total. The Morgan fingerprint density at radius 3 is 2.04 bits per heavy atom. The highest BCUT2D eigenvalue weighted by atomic mass is 35.8. The molecule has 1 unspecified atom stereocenters. The van der Waals surface area contributed by atoms with E-state index in [1.807, 2.05) is 0 Å². The fourth-order valence-electron chi connectivity index (χ4n) is 2.45. The molecule has 2 nitrogen and oxygen atoms in total. The zero-order valence-electron chi connectivity index (χ0n) is 16.1. The second-order valence-electron chi connectivity index (χ2n) is 6.13. The number of allylic oxidation sites excluding steroid dienone is 6. The Bertz CT molecular complexity index is 443. The number of carbonyl (C=O) groups excluding carboxylic acids is 1. The standard InChI is InChI=1S/C20H33Cl3O2Si/c1-3-5-6-7-8-9-10-11-12-13-14-15-16-17-18-19(26(21,22)23)20(24)25-4-2/h5-6,8-9,11-12,19H,3-4,7,10,13-18H2,1-2H3/b6-5-,9-8-,12-11-. The molecule has 0 bridgehead atoms. The maximum absolute atomic E-state index is 11.9. The van der Waals surface area contributed by atoms with Gasteiger partial charge in [0.05, 0.1) is 12.1 Å². The van der Waals surface area contributed by atoms with Gasteiger partial charge in [0.25, 0.3) is 0 Å². The zero-order chi connectivity index (χ0) is 19.7. The molecule has 0 radical (unpaired) electrons. The van der Waals surface area contributed by atoms with Gasteiger partial charge in [0.2, 0.25) is 0 Å². The second-order valence-corrected chi connectivity index (χ2v) is 15.0. The molecule has 0 aliphatic carbocycles. The molecule has 0 heterocycles. The number of hydrogen-bond acceptors (Lipinski definition) is 2. The SMILES string of the molecule is CC/C=C\C/C=C\C/C=C\CCCCCCC(C(=O)OCC)[Si](Cl)(Cl)Cl. The second kappa shape index (κ2) is 16.9. The lowest BCUT2D eigenvalue weighted by atomic mass is 10.1. The Labute approximate surface area is 174 Å². The van der Waals surface area contributed by atoms with Gasteiger partial charge in [-0.05, 0) is 45.4 Å². The van der Waals surface area contributed by atoms with Gasteiger partial charge in [0, 0.05) is 0 Å². The first-order valence-corrected chi connectivity index (χ1v) is 14.7. The van der Waals surface area contributed by atoms with Crippen LogP contribution in [0.2, 0.25) is 5.54 Å². The maximum Gasteiger partial charge on any atom is 0.355 e. The lowest BCUT2D eigenvalue weighted by Gasteiger charge is -2.20. The van der Waals surface area contributed by atoms with Crippen LogP contribution in [0.5, 0.6) is 0 Å². The van der Waals surface area contributed by atoms with Crippen LogP contribution in [0.1, 0.15) is 71.6 Å². The van der Waals surface area contributed by atoms with Gasteiger partial charge in [-0.1, -0.05) is 62.6 Å². The molecule has 0 aliphatic rings. The molecule has 150 valence electrons. The van der Waals surface area contributed by atoms with Crippen molar-refractivity contribution in [3.8, 4) is 0 Å². The summed E-state index contributed by atoms with van der Waals surface area (Å²) < 4.78 is 5.02. The van der Waals surface area contributed by atoms with E-state index in [-0.39, 0.29) is 5.97 Å². The van der Waals surface area contributed by atoms with E-state index < -0.39 is 11.5 Å². The molecule has 0 aromatic carbocycles. The van der Waals surface area contributed by atoms with E-state index in [9.17, 15) is 4.79 Å². The average Bonchev–Trinajstić information content (AvgIpc) is 2.57. The van der Waals surface area contributed by atoms with E-state index in [1.165, 1.54) is 0 Å². The van der Waals surface area contributed by atoms with Gasteiger partial charge in [-0.15, -0.1) is 33.2 Å². The third-order valence-corrected chi connectivity index (χ3v) is 7.55. The first kappa shape index (κ1) is 25.8. The zero-order valence-corrected chi connectivity index (χ0v) is 19.3. The van der Waals surface area contributed by atoms with Crippen molar-refractivity contribution in [2.75, 3.05) is 6.61 Å². The van der Waals surface area contributed by atoms with E-state index in [2.05, 4.69) is 43.4 Å². The lowest BCUT2D eigenvalue weighted by Crippen LogP contribution is -2.29. The number of esters is 1. The summed E-state index contributed by atoms with van der Waals surface area (Å²) in [5.41, 5.74) is -0.550. The van der Waals surface area contributed by atoms with Gasteiger partial charge in [0.15, 0.2) is 0 Å². The molecule has 26 heavy (non-hydrogen) atoms. The highest BCUT2D eigenvalue weighted by Crippen LogP contribution is 2.38. The first-order chi connectivity index (χ1) is 12.4. The van der Waals surface area contributed by atoms with Crippen LogP contribution in [0, 0.1) is 0 Å². The number of hydrogen-bond donors (Lipinski definition) is 0. The summed E-state index contributed by atoms with van der Waals surface area (Å²) in [6.45, 7) is 4.23. The van der Waals surface area contributed by atoms with E-state index in [0.29, 0.717) is 13.0 Å². The van der Waals surface area contributed by atoms with E-state index in [1.54, 1.807) is 6.92 Å². The van der Waals surface area contributed by atoms with E-state index in [4.69, 9.17) is 38.0 Å². The highest BCUT2D eigenvalue weighted by molar-refractivity contribution is 7.65. The predicted octanol–water partition coefficient (Wildman–Crippen LogP) is 7.77. The first-order valence-electron chi connectivity index (χ1n) is 9.61. The Morgan fingerprint density at radius 2 is 1.46 bits per heavy atom. The molecule has 0 fully saturated rings. The fraction of sp³-hybridized carbons (Fsp3) is 0.650. The smallest absolute Gasteiger partial charge is 0.355 e. The Hall–Kier alpha value is -0.223. The Balaban J connectivity index is 3.77. The molecule has 0 aromatic rings. The molecule has 6 heteroatoms. The fourth-order valence-corrected chi connectivity index (χ4v) is 5.11. The average molecular weight is 440 g/mol. The summed E-state index contributed by atoms with van der Waals surface area (Å²) in [7, 11) is 0. The topological polar surface area (TPSA) is 26.3 Å². The summed E-state index contributed by atoms with van der Waals surface area (Å²) in [5, 5.41) is 0. The summed E-state index contributed by atoms with van der Waals surface area (Å²) >= 11 is 18.1. The number of carbonyl (C=O) groups is 1. The number of rotatable bonds is 15. The molecular formula is C20H33Cl3O2Si. The number of unbranched alkanes of at least 4 members (excludes halogenated alkanes) is 4. The van der Waals surface area contributed by atoms with Crippen LogP contribution < -0.4 is 0 Å². The van der Waals surface area contributed by atoms with Gasteiger partial charge in [-0.25, -0.2) is 0 Å². The molecule has 0 spiro atoms. The van der Waals surface area contributed by atoms with E-state index in [0.717, 1.165) is 51.4 Å². The third kappa shape index (κ3) is 14.9. The van der Waals surface area contributed by atoms with Crippen molar-refractivity contribution in [2.45, 2.75) is 77.2 Å². The molecule has 0 saturated heterocycles. The van der Waals surface area contributed by atoms with Crippen LogP contribution in [0.4, 0.5) is 0 Å². The molecule has 0 rings (SSSR count). The van der Waals surface area contributed by atoms with Crippen LogP contribution in [0.3, 0.4) is 0 Å². The quantitative estimate of drug-likeness (QED) is 0.0856. The summed E-state index contributed by atoms with van der Waals surface area (Å²) in [6.07, 6.45) is 22.2. The molecule has 0 aliphatic heterocycles. The number of ether oxygens (including phenoxy) is 1. The molecular weight excluding hydrogens is 407 g/mol. The van der Waals surface area contributed by atoms with Crippen LogP contribution in [-0.4, -0.2) is 18.6 Å². The summed E-state index contributed by atoms with van der Waals surface area (Å²) in [4.78, 5) is 11.9. The monoisotopic (exact) mass is 438 g/mol. The van der Waals surface area contributed by atoms with Crippen molar-refractivity contribution in [2.24, 2.45) is 0 Å². The van der Waals surface area contributed by atoms with Crippen molar-refractivity contribution in [1.29, 1.82) is 0 Å². The van der Waals surface area contributed by atoms with Gasteiger partial charge in [-0.3, -0.25) is 4.79 Å². The van der Waals surface area contributed by atoms with Crippen molar-refractivity contribution >= 4 is 45.2 Å². The summed E-state index contributed by atoms with van der Waals surface area (Å²) in [6, 6.07) is -3.07. The van der Waals surface area contributed by atoms with Crippen molar-refractivity contribution in [3.05, 3.63) is 36.5 Å². The minimum absolute atomic E-state index is 0.321. The predicted molar refractivity (Wildman–Crippen MR) is 118 cm³/mol. The molecule has 0 aromatic heterocycles. The number of halogens is 3. The van der Waals surface area contributed by atoms with Crippen molar-refractivity contribution < 1.29 is 9.53 Å². The largest absolute Gasteiger partial charge is 0.466 e. The van der Waals surface area contributed by atoms with Crippen molar-refractivity contribution in [3.63, 3.8) is 0 Å². The van der Waals surface area contributed by atoms with E-state index >= 15 is 0 Å². The van der Waals surface area contributed by atoms with Gasteiger partial charge < -0.3 is 4.74 Å². The van der Waals surface area contributed by atoms with Gasteiger partial charge in [-0.2, -0.15) is 0 Å². The molecule has 1 atom stereocenters. The van der Waals surface area contributed by atoms with Crippen LogP contribution in [0.15, 0.2) is 36.5 Å². The minimum Gasteiger partial charge on any atom is -0.466 e. The summed E-state index contributed by atoms with van der Waals surface area (Å²) in [5.74, 6) is -0.361. The molecule has 0 saturated carbocycles. The van der Waals surface area contributed by atoms with Crippen LogP contribution in [-0.2, 0) is 9.53 Å². The van der Waals surface area contributed by atoms with Gasteiger partial charge >= 0.3 is 12.0 Å². The molecule has 0 amide bonds. The lowest BCUT2D eigenvalue weighted by molar-refractivity contribution is -0.143. The maximum atomic E-state index is 11.9.